The van der Waals surface area contributed by atoms with Crippen LogP contribution in [0.5, 0.6) is 5.75 Å². The summed E-state index contributed by atoms with van der Waals surface area (Å²) >= 11 is 0. The third-order valence-electron chi connectivity index (χ3n) is 2.40. The van der Waals surface area contributed by atoms with Gasteiger partial charge in [0.15, 0.2) is 0 Å². The predicted molar refractivity (Wildman–Crippen MR) is 75.2 cm³/mol. The summed E-state index contributed by atoms with van der Waals surface area (Å²) in [5, 5.41) is 10.5. The summed E-state index contributed by atoms with van der Waals surface area (Å²) in [6, 6.07) is 4.86. The number of nitro groups is 1. The van der Waals surface area contributed by atoms with Crippen LogP contribution in [-0.4, -0.2) is 23.8 Å². The minimum absolute atomic E-state index is 0.0733. The second kappa shape index (κ2) is 8.40. The van der Waals surface area contributed by atoms with Crippen molar-refractivity contribution in [2.45, 2.75) is 19.8 Å². The second-order valence-corrected chi connectivity index (χ2v) is 4.34. The van der Waals surface area contributed by atoms with Gasteiger partial charge in [-0.1, -0.05) is 5.57 Å². The maximum absolute atomic E-state index is 11.3. The molecule has 0 N–H and O–H groups in total. The fourth-order valence-corrected chi connectivity index (χ4v) is 1.29. The van der Waals surface area contributed by atoms with E-state index in [4.69, 9.17) is 4.74 Å². The van der Waals surface area contributed by atoms with Gasteiger partial charge in [-0.15, -0.1) is 6.58 Å². The van der Waals surface area contributed by atoms with Crippen molar-refractivity contribution in [3.63, 3.8) is 0 Å². The van der Waals surface area contributed by atoms with Crippen molar-refractivity contribution in [3.8, 4) is 5.75 Å². The van der Waals surface area contributed by atoms with E-state index in [-0.39, 0.29) is 17.9 Å². The molecule has 0 aliphatic rings. The number of esters is 1. The van der Waals surface area contributed by atoms with E-state index in [1.165, 1.54) is 24.3 Å². The smallest absolute Gasteiger partial charge is 0.428 e. The van der Waals surface area contributed by atoms with Gasteiger partial charge in [-0.3, -0.25) is 14.9 Å². The van der Waals surface area contributed by atoms with Gasteiger partial charge in [0, 0.05) is 18.6 Å². The van der Waals surface area contributed by atoms with Crippen molar-refractivity contribution in [3.05, 3.63) is 46.5 Å². The van der Waals surface area contributed by atoms with Crippen LogP contribution in [0.2, 0.25) is 0 Å². The molecule has 1 rings (SSSR count). The van der Waals surface area contributed by atoms with Crippen LogP contribution in [0.3, 0.4) is 0 Å². The number of hydrogen-bond acceptors (Lipinski definition) is 7. The van der Waals surface area contributed by atoms with Gasteiger partial charge in [-0.05, 0) is 25.5 Å². The number of allylic oxidation sites excluding steroid dienone is 1. The highest BCUT2D eigenvalue weighted by Gasteiger charge is 2.10. The maximum Gasteiger partial charge on any atom is 0.516 e. The molecule has 0 heterocycles. The molecule has 0 fully saturated rings. The first-order chi connectivity index (χ1) is 10.4. The van der Waals surface area contributed by atoms with Crippen LogP contribution in [0.4, 0.5) is 10.5 Å². The first kappa shape index (κ1) is 17.2. The summed E-state index contributed by atoms with van der Waals surface area (Å²) in [5.41, 5.74) is 0.711. The normalized spacial score (nSPS) is 9.68. The van der Waals surface area contributed by atoms with Gasteiger partial charge in [-0.2, -0.15) is 0 Å². The number of nitro benzene ring substituents is 1. The number of carbonyl (C=O) groups is 2. The van der Waals surface area contributed by atoms with Crippen LogP contribution in [0.25, 0.3) is 0 Å². The molecule has 0 aromatic heterocycles. The van der Waals surface area contributed by atoms with Crippen LogP contribution >= 0.6 is 0 Å². The fourth-order valence-electron chi connectivity index (χ4n) is 1.29. The Hall–Kier alpha value is -2.90. The number of carbonyl (C=O) groups excluding carboxylic acids is 2. The van der Waals surface area contributed by atoms with E-state index in [0.29, 0.717) is 6.42 Å². The molecule has 0 unspecified atom stereocenters. The molecule has 0 amide bonds. The number of benzene rings is 1. The van der Waals surface area contributed by atoms with Gasteiger partial charge in [-0.25, -0.2) is 4.79 Å². The molecule has 0 spiro atoms. The van der Waals surface area contributed by atoms with Crippen LogP contribution in [0.15, 0.2) is 36.4 Å². The lowest BCUT2D eigenvalue weighted by Crippen LogP contribution is -2.15. The number of nitrogens with zero attached hydrogens (tertiary/aromatic N) is 1. The highest BCUT2D eigenvalue weighted by atomic mass is 16.8. The Balaban J connectivity index is 2.30. The molecule has 0 aliphatic carbocycles. The first-order valence-electron chi connectivity index (χ1n) is 6.27. The van der Waals surface area contributed by atoms with Crippen molar-refractivity contribution in [1.82, 2.24) is 0 Å². The minimum atomic E-state index is -1.08. The zero-order valence-electron chi connectivity index (χ0n) is 11.9. The lowest BCUT2D eigenvalue weighted by atomic mass is 10.2. The van der Waals surface area contributed by atoms with E-state index in [1.807, 2.05) is 0 Å². The summed E-state index contributed by atoms with van der Waals surface area (Å²) in [6.45, 7) is 4.86. The summed E-state index contributed by atoms with van der Waals surface area (Å²) in [6.07, 6.45) is -0.441. The third-order valence-corrected chi connectivity index (χ3v) is 2.40. The van der Waals surface area contributed by atoms with Crippen LogP contribution in [0.1, 0.15) is 19.8 Å². The SMILES string of the molecule is C=C(C)CCC(=O)OCOC(=O)Oc1ccc([N+](=O)[O-])cc1. The van der Waals surface area contributed by atoms with Gasteiger partial charge in [0.05, 0.1) is 4.92 Å². The zero-order chi connectivity index (χ0) is 16.5. The fraction of sp³-hybridized carbons (Fsp3) is 0.286. The van der Waals surface area contributed by atoms with E-state index >= 15 is 0 Å². The van der Waals surface area contributed by atoms with Gasteiger partial charge >= 0.3 is 12.1 Å². The largest absolute Gasteiger partial charge is 0.516 e. The Morgan fingerprint density at radius 3 is 2.36 bits per heavy atom. The summed E-state index contributed by atoms with van der Waals surface area (Å²) in [5.74, 6) is -0.449. The quantitative estimate of drug-likeness (QED) is 0.190. The lowest BCUT2D eigenvalue weighted by molar-refractivity contribution is -0.384. The predicted octanol–water partition coefficient (Wildman–Crippen LogP) is 2.97. The van der Waals surface area contributed by atoms with Crippen LogP contribution in [-0.2, 0) is 14.3 Å². The molecule has 0 radical (unpaired) electrons. The highest BCUT2D eigenvalue weighted by Crippen LogP contribution is 2.17. The van der Waals surface area contributed by atoms with Gasteiger partial charge in [0.1, 0.15) is 5.75 Å². The molecule has 0 saturated heterocycles. The Labute approximate surface area is 126 Å². The second-order valence-electron chi connectivity index (χ2n) is 4.34. The number of ether oxygens (including phenoxy) is 3. The van der Waals surface area contributed by atoms with Crippen molar-refractivity contribution in [1.29, 1.82) is 0 Å². The molecule has 118 valence electrons. The van der Waals surface area contributed by atoms with Crippen molar-refractivity contribution < 1.29 is 28.7 Å². The lowest BCUT2D eigenvalue weighted by Gasteiger charge is -2.06. The summed E-state index contributed by atoms with van der Waals surface area (Å²) < 4.78 is 13.9. The molecular weight excluding hydrogens is 294 g/mol. The van der Waals surface area contributed by atoms with Crippen molar-refractivity contribution in [2.75, 3.05) is 6.79 Å². The Kier molecular flexibility index (Phi) is 6.55. The molecule has 0 aliphatic heterocycles. The van der Waals surface area contributed by atoms with Crippen molar-refractivity contribution in [2.24, 2.45) is 0 Å². The summed E-state index contributed by atoms with van der Waals surface area (Å²) in [7, 11) is 0. The zero-order valence-corrected chi connectivity index (χ0v) is 11.9. The Bertz CT molecular complexity index is 565. The van der Waals surface area contributed by atoms with E-state index < -0.39 is 23.8 Å². The topological polar surface area (TPSA) is 105 Å². The molecule has 8 heteroatoms. The molecule has 0 atom stereocenters. The number of non-ortho nitro benzene ring substituents is 1. The molecule has 0 bridgehead atoms. The molecule has 0 saturated carbocycles. The van der Waals surface area contributed by atoms with E-state index in [2.05, 4.69) is 16.1 Å². The first-order valence-corrected chi connectivity index (χ1v) is 6.27. The maximum atomic E-state index is 11.3. The standard InChI is InChI=1S/C14H15NO7/c1-10(2)3-8-13(16)20-9-21-14(17)22-12-6-4-11(5-7-12)15(18)19/h4-7H,1,3,8-9H2,2H3. The van der Waals surface area contributed by atoms with E-state index in [9.17, 15) is 19.7 Å². The van der Waals surface area contributed by atoms with Gasteiger partial charge in [0.2, 0.25) is 6.79 Å². The number of hydrogen-bond donors (Lipinski definition) is 0. The molecule has 1 aromatic rings. The van der Waals surface area contributed by atoms with Gasteiger partial charge < -0.3 is 14.2 Å². The van der Waals surface area contributed by atoms with Crippen LogP contribution in [0, 0.1) is 10.1 Å². The Morgan fingerprint density at radius 2 is 1.82 bits per heavy atom. The number of rotatable bonds is 7. The highest BCUT2D eigenvalue weighted by molar-refractivity contribution is 5.70. The Morgan fingerprint density at radius 1 is 1.18 bits per heavy atom. The minimum Gasteiger partial charge on any atom is -0.428 e. The average molecular weight is 309 g/mol. The monoisotopic (exact) mass is 309 g/mol. The summed E-state index contributed by atoms with van der Waals surface area (Å²) in [4.78, 5) is 32.4. The molecule has 8 nitrogen and oxygen atoms in total. The molecular formula is C14H15NO7. The molecule has 1 aromatic carbocycles. The van der Waals surface area contributed by atoms with Crippen LogP contribution < -0.4 is 4.74 Å². The van der Waals surface area contributed by atoms with Gasteiger partial charge in [0.25, 0.3) is 5.69 Å². The van der Waals surface area contributed by atoms with E-state index in [0.717, 1.165) is 5.57 Å². The average Bonchev–Trinajstić information content (AvgIpc) is 2.45. The third kappa shape index (κ3) is 6.51. The molecule has 22 heavy (non-hydrogen) atoms. The van der Waals surface area contributed by atoms with E-state index in [1.54, 1.807) is 6.92 Å². The van der Waals surface area contributed by atoms with Crippen molar-refractivity contribution >= 4 is 17.8 Å².